The van der Waals surface area contributed by atoms with Crippen molar-refractivity contribution in [1.82, 2.24) is 4.90 Å². The van der Waals surface area contributed by atoms with Crippen LogP contribution in [0.25, 0.3) is 0 Å². The molecular formula is C20H32N4O2+2. The number of para-hydroxylation sites is 1. The van der Waals surface area contributed by atoms with Crippen LogP contribution in [0.15, 0.2) is 18.2 Å². The van der Waals surface area contributed by atoms with Crippen molar-refractivity contribution in [2.24, 2.45) is 0 Å². The van der Waals surface area contributed by atoms with Gasteiger partial charge in [-0.2, -0.15) is 0 Å². The fraction of sp³-hybridized carbons (Fsp3) is 0.600. The maximum Gasteiger partial charge on any atom is 0.279 e. The Morgan fingerprint density at radius 2 is 1.54 bits per heavy atom. The van der Waals surface area contributed by atoms with Crippen LogP contribution < -0.4 is 15.1 Å². The van der Waals surface area contributed by atoms with Gasteiger partial charge in [-0.15, -0.1) is 0 Å². The van der Waals surface area contributed by atoms with Gasteiger partial charge >= 0.3 is 0 Å². The van der Waals surface area contributed by atoms with Crippen LogP contribution in [0.4, 0.5) is 5.69 Å². The van der Waals surface area contributed by atoms with Crippen LogP contribution in [0.3, 0.4) is 0 Å². The van der Waals surface area contributed by atoms with Crippen molar-refractivity contribution >= 4 is 17.5 Å². The molecule has 6 heteroatoms. The number of hydrogen-bond acceptors (Lipinski definition) is 2. The number of hydrogen-bond donors (Lipinski definition) is 3. The van der Waals surface area contributed by atoms with E-state index < -0.39 is 0 Å². The molecule has 3 N–H and O–H groups in total. The second-order valence-corrected chi connectivity index (χ2v) is 7.76. The molecule has 26 heavy (non-hydrogen) atoms. The number of quaternary nitrogens is 2. The van der Waals surface area contributed by atoms with E-state index in [1.165, 1.54) is 22.6 Å². The van der Waals surface area contributed by atoms with E-state index in [0.29, 0.717) is 13.1 Å². The number of rotatable bonds is 5. The number of benzene rings is 1. The summed E-state index contributed by atoms with van der Waals surface area (Å²) in [5.41, 5.74) is 3.11. The summed E-state index contributed by atoms with van der Waals surface area (Å²) in [7, 11) is 0. The number of likely N-dealkylation sites (tertiary alicyclic amines) is 1. The highest BCUT2D eigenvalue weighted by Gasteiger charge is 2.28. The molecular weight excluding hydrogens is 328 g/mol. The zero-order valence-electron chi connectivity index (χ0n) is 16.1. The minimum absolute atomic E-state index is 0.0543. The fourth-order valence-corrected chi connectivity index (χ4v) is 4.05. The highest BCUT2D eigenvalue weighted by Crippen LogP contribution is 2.18. The van der Waals surface area contributed by atoms with Gasteiger partial charge in [-0.1, -0.05) is 18.2 Å². The molecule has 2 aliphatic rings. The summed E-state index contributed by atoms with van der Waals surface area (Å²) in [4.78, 5) is 29.5. The predicted molar refractivity (Wildman–Crippen MR) is 101 cm³/mol. The number of amides is 2. The molecule has 0 bridgehead atoms. The summed E-state index contributed by atoms with van der Waals surface area (Å²) in [6.45, 7) is 10.6. The van der Waals surface area contributed by atoms with Gasteiger partial charge in [-0.3, -0.25) is 9.59 Å². The molecule has 2 saturated heterocycles. The smallest absolute Gasteiger partial charge is 0.279 e. The highest BCUT2D eigenvalue weighted by atomic mass is 16.2. The summed E-state index contributed by atoms with van der Waals surface area (Å²) in [5.74, 6) is 0.333. The van der Waals surface area contributed by atoms with Gasteiger partial charge in [-0.05, 0) is 25.0 Å². The summed E-state index contributed by atoms with van der Waals surface area (Å²) in [6, 6.07) is 6.04. The van der Waals surface area contributed by atoms with E-state index in [2.05, 4.69) is 5.32 Å². The van der Waals surface area contributed by atoms with Crippen LogP contribution in [0.5, 0.6) is 0 Å². The normalized spacial score (nSPS) is 18.9. The second kappa shape index (κ2) is 8.64. The first-order valence-electron chi connectivity index (χ1n) is 9.84. The van der Waals surface area contributed by atoms with Crippen LogP contribution in [0, 0.1) is 13.8 Å². The van der Waals surface area contributed by atoms with Crippen molar-refractivity contribution < 1.29 is 19.4 Å². The fourth-order valence-electron chi connectivity index (χ4n) is 4.05. The molecule has 0 saturated carbocycles. The summed E-state index contributed by atoms with van der Waals surface area (Å²) in [6.07, 6.45) is 2.49. The van der Waals surface area contributed by atoms with Crippen LogP contribution in [0.2, 0.25) is 0 Å². The summed E-state index contributed by atoms with van der Waals surface area (Å²) >= 11 is 0. The molecule has 6 nitrogen and oxygen atoms in total. The van der Waals surface area contributed by atoms with Crippen LogP contribution in [-0.2, 0) is 9.59 Å². The van der Waals surface area contributed by atoms with Crippen LogP contribution >= 0.6 is 0 Å². The lowest BCUT2D eigenvalue weighted by molar-refractivity contribution is -0.896. The van der Waals surface area contributed by atoms with Gasteiger partial charge in [0.2, 0.25) is 0 Å². The molecule has 0 unspecified atom stereocenters. The molecule has 0 radical (unpaired) electrons. The molecule has 0 spiro atoms. The summed E-state index contributed by atoms with van der Waals surface area (Å²) in [5, 5.41) is 3.06. The van der Waals surface area contributed by atoms with Gasteiger partial charge in [0.15, 0.2) is 13.1 Å². The number of nitrogens with one attached hydrogen (secondary N) is 3. The second-order valence-electron chi connectivity index (χ2n) is 7.76. The van der Waals surface area contributed by atoms with E-state index >= 15 is 0 Å². The van der Waals surface area contributed by atoms with Gasteiger partial charge in [0.1, 0.15) is 0 Å². The lowest BCUT2D eigenvalue weighted by atomic mass is 10.1. The Morgan fingerprint density at radius 3 is 2.15 bits per heavy atom. The quantitative estimate of drug-likeness (QED) is 0.608. The topological polar surface area (TPSA) is 58.3 Å². The third kappa shape index (κ3) is 4.83. The zero-order chi connectivity index (χ0) is 18.5. The Kier molecular flexibility index (Phi) is 6.27. The number of anilines is 1. The van der Waals surface area contributed by atoms with Gasteiger partial charge in [-0.25, -0.2) is 0 Å². The van der Waals surface area contributed by atoms with Crippen molar-refractivity contribution in [1.29, 1.82) is 0 Å². The maximum atomic E-state index is 12.4. The molecule has 0 aromatic heterocycles. The maximum absolute atomic E-state index is 12.4. The van der Waals surface area contributed by atoms with Crippen molar-refractivity contribution in [2.75, 3.05) is 57.7 Å². The first-order chi connectivity index (χ1) is 12.5. The van der Waals surface area contributed by atoms with E-state index in [-0.39, 0.29) is 11.8 Å². The Balaban J connectivity index is 1.43. The molecule has 2 fully saturated rings. The third-order valence-electron chi connectivity index (χ3n) is 5.69. The first kappa shape index (κ1) is 18.9. The van der Waals surface area contributed by atoms with E-state index in [0.717, 1.165) is 56.1 Å². The number of piperazine rings is 1. The Labute approximate surface area is 156 Å². The monoisotopic (exact) mass is 360 g/mol. The standard InChI is InChI=1S/C20H30N4O2/c1-16-6-5-7-17(2)20(16)21-18(25)14-23-10-12-24(13-11-23)19(26)15-22-8-3-4-9-22/h5-7H,3-4,8-15H2,1-2H3,(H,21,25)/p+2. The largest absolute Gasteiger partial charge is 0.327 e. The minimum atomic E-state index is 0.0543. The first-order valence-corrected chi connectivity index (χ1v) is 9.84. The van der Waals surface area contributed by atoms with Crippen molar-refractivity contribution in [3.05, 3.63) is 29.3 Å². The number of carbonyl (C=O) groups is 2. The average molecular weight is 361 g/mol. The Bertz CT molecular complexity index is 627. The molecule has 2 aliphatic heterocycles. The zero-order valence-corrected chi connectivity index (χ0v) is 16.1. The minimum Gasteiger partial charge on any atom is -0.327 e. The molecule has 0 atom stereocenters. The predicted octanol–water partition coefficient (Wildman–Crippen LogP) is -1.35. The average Bonchev–Trinajstić information content (AvgIpc) is 3.12. The van der Waals surface area contributed by atoms with Gasteiger partial charge < -0.3 is 20.0 Å². The van der Waals surface area contributed by atoms with Crippen LogP contribution in [0.1, 0.15) is 24.0 Å². The highest BCUT2D eigenvalue weighted by molar-refractivity contribution is 5.93. The van der Waals surface area contributed by atoms with E-state index in [1.807, 2.05) is 36.9 Å². The van der Waals surface area contributed by atoms with E-state index in [4.69, 9.17) is 0 Å². The Hall–Kier alpha value is -1.92. The number of carbonyl (C=O) groups excluding carboxylic acids is 2. The lowest BCUT2D eigenvalue weighted by Gasteiger charge is -2.32. The van der Waals surface area contributed by atoms with Gasteiger partial charge in [0, 0.05) is 18.5 Å². The molecule has 2 heterocycles. The lowest BCUT2D eigenvalue weighted by Crippen LogP contribution is -3.16. The van der Waals surface area contributed by atoms with Crippen molar-refractivity contribution in [3.63, 3.8) is 0 Å². The van der Waals surface area contributed by atoms with Crippen LogP contribution in [-0.4, -0.2) is 69.1 Å². The van der Waals surface area contributed by atoms with Gasteiger partial charge in [0.05, 0.1) is 39.3 Å². The molecule has 0 aliphatic carbocycles. The molecule has 142 valence electrons. The van der Waals surface area contributed by atoms with E-state index in [9.17, 15) is 9.59 Å². The Morgan fingerprint density at radius 1 is 0.962 bits per heavy atom. The molecule has 1 aromatic carbocycles. The molecule has 1 aromatic rings. The van der Waals surface area contributed by atoms with E-state index in [1.54, 1.807) is 0 Å². The van der Waals surface area contributed by atoms with Gasteiger partial charge in [0.25, 0.3) is 11.8 Å². The number of nitrogens with zero attached hydrogens (tertiary/aromatic N) is 1. The number of aryl methyl sites for hydroxylation is 2. The molecule has 2 amide bonds. The van der Waals surface area contributed by atoms with Crippen molar-refractivity contribution in [2.45, 2.75) is 26.7 Å². The molecule has 3 rings (SSSR count). The SMILES string of the molecule is Cc1cccc(C)c1NC(=O)C[NH+]1CCN(C(=O)C[NH+]2CCCC2)CC1. The third-order valence-corrected chi connectivity index (χ3v) is 5.69. The van der Waals surface area contributed by atoms with Crippen molar-refractivity contribution in [3.8, 4) is 0 Å². The summed E-state index contributed by atoms with van der Waals surface area (Å²) < 4.78 is 0.